The molecule has 1 atom stereocenters. The minimum Gasteiger partial charge on any atom is -0.484 e. The molecule has 2 saturated heterocycles. The van der Waals surface area contributed by atoms with Crippen molar-refractivity contribution in [1.82, 2.24) is 19.6 Å². The molecular weight excluding hydrogens is 392 g/mol. The van der Waals surface area contributed by atoms with Gasteiger partial charge in [0.2, 0.25) is 5.91 Å². The van der Waals surface area contributed by atoms with Crippen LogP contribution in [-0.2, 0) is 16.1 Å². The highest BCUT2D eigenvalue weighted by atomic mass is 16.5. The number of piperidine rings is 2. The topological polar surface area (TPSA) is 67.7 Å². The summed E-state index contributed by atoms with van der Waals surface area (Å²) in [5.74, 6) is 1.36. The number of carbonyl (C=O) groups is 2. The molecule has 0 unspecified atom stereocenters. The summed E-state index contributed by atoms with van der Waals surface area (Å²) in [5, 5.41) is 4.22. The smallest absolute Gasteiger partial charge is 0.260 e. The number of rotatable bonds is 6. The van der Waals surface area contributed by atoms with Crippen molar-refractivity contribution >= 4 is 11.8 Å². The van der Waals surface area contributed by atoms with Crippen molar-refractivity contribution in [3.63, 3.8) is 0 Å². The van der Waals surface area contributed by atoms with E-state index in [1.165, 1.54) is 0 Å². The Balaban J connectivity index is 1.29. The molecule has 3 heterocycles. The van der Waals surface area contributed by atoms with Gasteiger partial charge in [-0.3, -0.25) is 14.3 Å². The van der Waals surface area contributed by atoms with Gasteiger partial charge < -0.3 is 14.5 Å². The molecule has 166 valence electrons. The third kappa shape index (κ3) is 5.46. The standard InChI is InChI=1S/C24H32N4O3/c1-19-15-25-27(16-19)17-23(29)26-13-10-20(11-14-26)22-9-5-6-12-28(22)24(30)18-31-21-7-3-2-4-8-21/h2-4,7-8,15-16,20,22H,5-6,9-14,17-18H2,1H3/t22-/m1/s1. The first-order chi connectivity index (χ1) is 15.1. The van der Waals surface area contributed by atoms with E-state index in [2.05, 4.69) is 5.10 Å². The van der Waals surface area contributed by atoms with Crippen LogP contribution >= 0.6 is 0 Å². The van der Waals surface area contributed by atoms with E-state index in [0.29, 0.717) is 12.5 Å². The third-order valence-electron chi connectivity index (χ3n) is 6.47. The minimum atomic E-state index is 0.0705. The molecule has 0 bridgehead atoms. The van der Waals surface area contributed by atoms with Crippen molar-refractivity contribution in [2.75, 3.05) is 26.2 Å². The molecule has 0 N–H and O–H groups in total. The SMILES string of the molecule is Cc1cnn(CC(=O)N2CCC([C@H]3CCCCN3C(=O)COc3ccccc3)CC2)c1. The maximum absolute atomic E-state index is 12.9. The fraction of sp³-hybridized carbons (Fsp3) is 0.542. The Hall–Kier alpha value is -2.83. The van der Waals surface area contributed by atoms with Gasteiger partial charge in [0, 0.05) is 31.9 Å². The second-order valence-electron chi connectivity index (χ2n) is 8.69. The number of benzene rings is 1. The predicted molar refractivity (Wildman–Crippen MR) is 118 cm³/mol. The summed E-state index contributed by atoms with van der Waals surface area (Å²) >= 11 is 0. The van der Waals surface area contributed by atoms with Crippen LogP contribution in [0.4, 0.5) is 0 Å². The molecule has 2 fully saturated rings. The highest BCUT2D eigenvalue weighted by Crippen LogP contribution is 2.31. The van der Waals surface area contributed by atoms with E-state index < -0.39 is 0 Å². The molecule has 1 aromatic carbocycles. The lowest BCUT2D eigenvalue weighted by atomic mass is 9.83. The van der Waals surface area contributed by atoms with Gasteiger partial charge in [-0.05, 0) is 62.6 Å². The van der Waals surface area contributed by atoms with Crippen molar-refractivity contribution in [2.45, 2.75) is 51.6 Å². The molecule has 7 heteroatoms. The molecular formula is C24H32N4O3. The molecule has 2 aliphatic heterocycles. The van der Waals surface area contributed by atoms with Gasteiger partial charge in [0.05, 0.1) is 6.20 Å². The molecule has 2 aromatic rings. The number of para-hydroxylation sites is 1. The molecule has 0 saturated carbocycles. The lowest BCUT2D eigenvalue weighted by Gasteiger charge is -2.43. The molecule has 4 rings (SSSR count). The summed E-state index contributed by atoms with van der Waals surface area (Å²) in [6.45, 7) is 4.66. The molecule has 2 amide bonds. The lowest BCUT2D eigenvalue weighted by molar-refractivity contribution is -0.140. The van der Waals surface area contributed by atoms with Crippen LogP contribution < -0.4 is 4.74 Å². The Labute approximate surface area is 184 Å². The summed E-state index contributed by atoms with van der Waals surface area (Å²) in [4.78, 5) is 29.6. The number of ether oxygens (including phenoxy) is 1. The first-order valence-electron chi connectivity index (χ1n) is 11.3. The van der Waals surface area contributed by atoms with Crippen LogP contribution in [0.5, 0.6) is 5.75 Å². The first kappa shape index (κ1) is 21.4. The third-order valence-corrected chi connectivity index (χ3v) is 6.47. The van der Waals surface area contributed by atoms with Gasteiger partial charge in [-0.2, -0.15) is 5.10 Å². The van der Waals surface area contributed by atoms with Crippen LogP contribution in [0, 0.1) is 12.8 Å². The van der Waals surface area contributed by atoms with Crippen molar-refractivity contribution in [3.05, 3.63) is 48.3 Å². The minimum absolute atomic E-state index is 0.0705. The number of amides is 2. The van der Waals surface area contributed by atoms with E-state index in [1.807, 2.05) is 53.3 Å². The summed E-state index contributed by atoms with van der Waals surface area (Å²) in [6, 6.07) is 9.75. The number of nitrogens with zero attached hydrogens (tertiary/aromatic N) is 4. The maximum Gasteiger partial charge on any atom is 0.260 e. The number of hydrogen-bond acceptors (Lipinski definition) is 4. The van der Waals surface area contributed by atoms with Crippen LogP contribution in [0.2, 0.25) is 0 Å². The zero-order chi connectivity index (χ0) is 21.6. The summed E-state index contributed by atoms with van der Waals surface area (Å²) in [5.41, 5.74) is 1.06. The second kappa shape index (κ2) is 9.98. The predicted octanol–water partition coefficient (Wildman–Crippen LogP) is 2.89. The Morgan fingerprint density at radius 1 is 1.03 bits per heavy atom. The van der Waals surface area contributed by atoms with Crippen LogP contribution in [0.1, 0.15) is 37.7 Å². The monoisotopic (exact) mass is 424 g/mol. The second-order valence-corrected chi connectivity index (χ2v) is 8.69. The Bertz CT molecular complexity index is 874. The lowest BCUT2D eigenvalue weighted by Crippen LogP contribution is -2.52. The molecule has 0 spiro atoms. The van der Waals surface area contributed by atoms with Gasteiger partial charge in [-0.15, -0.1) is 0 Å². The fourth-order valence-electron chi connectivity index (χ4n) is 4.83. The van der Waals surface area contributed by atoms with Crippen LogP contribution in [0.15, 0.2) is 42.7 Å². The van der Waals surface area contributed by atoms with E-state index in [1.54, 1.807) is 10.9 Å². The molecule has 7 nitrogen and oxygen atoms in total. The van der Waals surface area contributed by atoms with Crippen LogP contribution in [-0.4, -0.2) is 63.7 Å². The van der Waals surface area contributed by atoms with Gasteiger partial charge in [0.25, 0.3) is 5.91 Å². The Kier molecular flexibility index (Phi) is 6.89. The maximum atomic E-state index is 12.9. The van der Waals surface area contributed by atoms with Crippen molar-refractivity contribution in [3.8, 4) is 5.75 Å². The van der Waals surface area contributed by atoms with Crippen molar-refractivity contribution in [1.29, 1.82) is 0 Å². The van der Waals surface area contributed by atoms with E-state index in [9.17, 15) is 9.59 Å². The van der Waals surface area contributed by atoms with Crippen LogP contribution in [0.3, 0.4) is 0 Å². The first-order valence-corrected chi connectivity index (χ1v) is 11.3. The Morgan fingerprint density at radius 2 is 1.81 bits per heavy atom. The zero-order valence-electron chi connectivity index (χ0n) is 18.3. The fourth-order valence-corrected chi connectivity index (χ4v) is 4.83. The summed E-state index contributed by atoms with van der Waals surface area (Å²) < 4.78 is 7.42. The van der Waals surface area contributed by atoms with Gasteiger partial charge in [-0.1, -0.05) is 18.2 Å². The van der Waals surface area contributed by atoms with E-state index >= 15 is 0 Å². The Morgan fingerprint density at radius 3 is 2.52 bits per heavy atom. The van der Waals surface area contributed by atoms with Crippen LogP contribution in [0.25, 0.3) is 0 Å². The molecule has 31 heavy (non-hydrogen) atoms. The highest BCUT2D eigenvalue weighted by Gasteiger charge is 2.35. The summed E-state index contributed by atoms with van der Waals surface area (Å²) in [7, 11) is 0. The molecule has 0 radical (unpaired) electrons. The van der Waals surface area contributed by atoms with E-state index in [4.69, 9.17) is 4.74 Å². The normalized spacial score (nSPS) is 20.0. The average Bonchev–Trinajstić information content (AvgIpc) is 3.22. The number of likely N-dealkylation sites (tertiary alicyclic amines) is 2. The molecule has 1 aromatic heterocycles. The van der Waals surface area contributed by atoms with Crippen molar-refractivity contribution < 1.29 is 14.3 Å². The number of hydrogen-bond donors (Lipinski definition) is 0. The molecule has 2 aliphatic rings. The number of carbonyl (C=O) groups excluding carboxylic acids is 2. The quantitative estimate of drug-likeness (QED) is 0.715. The van der Waals surface area contributed by atoms with Crippen molar-refractivity contribution in [2.24, 2.45) is 5.92 Å². The number of aryl methyl sites for hydroxylation is 1. The summed E-state index contributed by atoms with van der Waals surface area (Å²) in [6.07, 6.45) is 8.81. The van der Waals surface area contributed by atoms with E-state index in [-0.39, 0.29) is 24.5 Å². The van der Waals surface area contributed by atoms with Gasteiger partial charge in [0.15, 0.2) is 6.61 Å². The van der Waals surface area contributed by atoms with Gasteiger partial charge in [0.1, 0.15) is 12.3 Å². The van der Waals surface area contributed by atoms with Gasteiger partial charge in [-0.25, -0.2) is 0 Å². The van der Waals surface area contributed by atoms with E-state index in [0.717, 1.165) is 63.1 Å². The highest BCUT2D eigenvalue weighted by molar-refractivity contribution is 5.78. The number of aromatic nitrogens is 2. The molecule has 0 aliphatic carbocycles. The zero-order valence-corrected chi connectivity index (χ0v) is 18.3. The largest absolute Gasteiger partial charge is 0.484 e. The average molecular weight is 425 g/mol. The van der Waals surface area contributed by atoms with Gasteiger partial charge >= 0.3 is 0 Å².